The summed E-state index contributed by atoms with van der Waals surface area (Å²) < 4.78 is 1.44. The van der Waals surface area contributed by atoms with Crippen molar-refractivity contribution in [3.63, 3.8) is 0 Å². The van der Waals surface area contributed by atoms with Gasteiger partial charge < -0.3 is 10.6 Å². The van der Waals surface area contributed by atoms with Crippen LogP contribution in [0.2, 0.25) is 0 Å². The number of H-pyrrole nitrogens is 1. The number of hydrogen-bond acceptors (Lipinski definition) is 4. The summed E-state index contributed by atoms with van der Waals surface area (Å²) in [5.41, 5.74) is 6.42. The van der Waals surface area contributed by atoms with Crippen molar-refractivity contribution < 1.29 is 4.79 Å². The Morgan fingerprint density at radius 1 is 1.00 bits per heavy atom. The number of carbonyl (C=O) groups is 1. The van der Waals surface area contributed by atoms with Crippen LogP contribution in [0.25, 0.3) is 10.9 Å². The Kier molecular flexibility index (Phi) is 8.18. The number of nitrogens with zero attached hydrogens (tertiary/aromatic N) is 2. The van der Waals surface area contributed by atoms with Crippen LogP contribution in [0.15, 0.2) is 64.2 Å². The molecule has 29 heavy (non-hydrogen) atoms. The van der Waals surface area contributed by atoms with Crippen molar-refractivity contribution in [1.82, 2.24) is 14.5 Å². The van der Waals surface area contributed by atoms with Gasteiger partial charge >= 0.3 is 5.69 Å². The molecule has 0 radical (unpaired) electrons. The maximum absolute atomic E-state index is 12.7. The van der Waals surface area contributed by atoms with E-state index in [9.17, 15) is 14.4 Å². The zero-order valence-electron chi connectivity index (χ0n) is 16.0. The van der Waals surface area contributed by atoms with Crippen molar-refractivity contribution in [2.24, 2.45) is 5.73 Å². The molecule has 3 rings (SSSR count). The molecular weight excluding hydrogens is 392 g/mol. The number of rotatable bonds is 8. The van der Waals surface area contributed by atoms with E-state index in [-0.39, 0.29) is 31.3 Å². The minimum Gasteiger partial charge on any atom is -0.341 e. The summed E-state index contributed by atoms with van der Waals surface area (Å²) in [6, 6.07) is 16.8. The molecule has 154 valence electrons. The fraction of sp³-hybridized carbons (Fsp3) is 0.286. The maximum Gasteiger partial charge on any atom is 0.328 e. The number of amides is 1. The molecular formula is C21H25ClN4O3. The van der Waals surface area contributed by atoms with Crippen LogP contribution in [0.4, 0.5) is 0 Å². The molecule has 0 aliphatic carbocycles. The summed E-state index contributed by atoms with van der Waals surface area (Å²) >= 11 is 0. The van der Waals surface area contributed by atoms with Crippen LogP contribution in [0.1, 0.15) is 12.0 Å². The quantitative estimate of drug-likeness (QED) is 0.581. The van der Waals surface area contributed by atoms with Crippen LogP contribution >= 0.6 is 12.4 Å². The monoisotopic (exact) mass is 416 g/mol. The first-order valence-electron chi connectivity index (χ1n) is 9.34. The number of nitrogens with two attached hydrogens (primary N) is 1. The molecule has 0 atom stereocenters. The van der Waals surface area contributed by atoms with Crippen molar-refractivity contribution in [2.75, 3.05) is 19.6 Å². The number of nitrogens with one attached hydrogen (secondary N) is 1. The van der Waals surface area contributed by atoms with Gasteiger partial charge in [0.1, 0.15) is 0 Å². The van der Waals surface area contributed by atoms with E-state index in [0.717, 1.165) is 12.0 Å². The molecule has 1 heterocycles. The molecule has 8 heteroatoms. The summed E-state index contributed by atoms with van der Waals surface area (Å²) in [4.78, 5) is 40.9. The second-order valence-corrected chi connectivity index (χ2v) is 6.58. The lowest BCUT2D eigenvalue weighted by atomic mass is 10.1. The number of aromatic amines is 1. The number of halogens is 1. The molecule has 1 amide bonds. The third kappa shape index (κ3) is 5.56. The average molecular weight is 417 g/mol. The number of aryl methyl sites for hydroxylation is 1. The molecule has 0 aliphatic rings. The zero-order valence-corrected chi connectivity index (χ0v) is 16.9. The Labute approximate surface area is 174 Å². The highest BCUT2D eigenvalue weighted by molar-refractivity contribution is 5.85. The van der Waals surface area contributed by atoms with Gasteiger partial charge in [-0.1, -0.05) is 42.5 Å². The molecule has 0 fully saturated rings. The predicted octanol–water partition coefficient (Wildman–Crippen LogP) is 1.53. The van der Waals surface area contributed by atoms with Crippen LogP contribution in [0.3, 0.4) is 0 Å². The number of aromatic nitrogens is 2. The highest BCUT2D eigenvalue weighted by Crippen LogP contribution is 2.08. The van der Waals surface area contributed by atoms with E-state index in [1.54, 1.807) is 29.2 Å². The number of carbonyl (C=O) groups excluding carboxylic acids is 1. The lowest BCUT2D eigenvalue weighted by molar-refractivity contribution is -0.131. The summed E-state index contributed by atoms with van der Waals surface area (Å²) in [5, 5.41) is 0.428. The van der Waals surface area contributed by atoms with E-state index < -0.39 is 11.2 Å². The first-order chi connectivity index (χ1) is 13.6. The van der Waals surface area contributed by atoms with Crippen molar-refractivity contribution in [3.8, 4) is 0 Å². The van der Waals surface area contributed by atoms with Crippen LogP contribution in [-0.2, 0) is 17.8 Å². The van der Waals surface area contributed by atoms with Crippen LogP contribution < -0.4 is 17.0 Å². The largest absolute Gasteiger partial charge is 0.341 e. The Bertz CT molecular complexity index is 1060. The van der Waals surface area contributed by atoms with E-state index in [1.807, 2.05) is 30.3 Å². The van der Waals surface area contributed by atoms with Gasteiger partial charge in [0.2, 0.25) is 5.91 Å². The lowest BCUT2D eigenvalue weighted by Crippen LogP contribution is -2.38. The van der Waals surface area contributed by atoms with Crippen LogP contribution in [-0.4, -0.2) is 40.0 Å². The van der Waals surface area contributed by atoms with Gasteiger partial charge in [-0.15, -0.1) is 12.4 Å². The first-order valence-corrected chi connectivity index (χ1v) is 9.34. The zero-order chi connectivity index (χ0) is 19.9. The van der Waals surface area contributed by atoms with Gasteiger partial charge in [-0.3, -0.25) is 19.1 Å². The van der Waals surface area contributed by atoms with E-state index >= 15 is 0 Å². The fourth-order valence-electron chi connectivity index (χ4n) is 3.26. The van der Waals surface area contributed by atoms with E-state index in [4.69, 9.17) is 5.73 Å². The molecule has 0 bridgehead atoms. The van der Waals surface area contributed by atoms with Crippen molar-refractivity contribution >= 4 is 29.2 Å². The SMILES string of the molecule is Cl.NCCN(CCc1ccccc1)C(=O)CCn1c(=O)[nH]c(=O)c2ccccc21. The number of para-hydroxylation sites is 1. The Morgan fingerprint density at radius 2 is 1.69 bits per heavy atom. The third-order valence-electron chi connectivity index (χ3n) is 4.72. The summed E-state index contributed by atoms with van der Waals surface area (Å²) in [6.45, 7) is 1.61. The predicted molar refractivity (Wildman–Crippen MR) is 116 cm³/mol. The van der Waals surface area contributed by atoms with Crippen molar-refractivity contribution in [1.29, 1.82) is 0 Å². The molecule has 0 saturated carbocycles. The molecule has 0 aliphatic heterocycles. The molecule has 0 spiro atoms. The van der Waals surface area contributed by atoms with E-state index in [2.05, 4.69) is 4.98 Å². The molecule has 2 aromatic carbocycles. The van der Waals surface area contributed by atoms with Gasteiger partial charge in [-0.05, 0) is 24.1 Å². The van der Waals surface area contributed by atoms with Crippen LogP contribution in [0.5, 0.6) is 0 Å². The number of fused-ring (bicyclic) bond motifs is 1. The highest BCUT2D eigenvalue weighted by atomic mass is 35.5. The second-order valence-electron chi connectivity index (χ2n) is 6.58. The Balaban J connectivity index is 0.00000300. The Hall–Kier alpha value is -2.90. The second kappa shape index (κ2) is 10.6. The molecule has 0 unspecified atom stereocenters. The van der Waals surface area contributed by atoms with Gasteiger partial charge in [-0.25, -0.2) is 4.79 Å². The van der Waals surface area contributed by atoms with Crippen molar-refractivity contribution in [2.45, 2.75) is 19.4 Å². The molecule has 7 nitrogen and oxygen atoms in total. The lowest BCUT2D eigenvalue weighted by Gasteiger charge is -2.22. The van der Waals surface area contributed by atoms with Gasteiger partial charge in [0.05, 0.1) is 10.9 Å². The van der Waals surface area contributed by atoms with Gasteiger partial charge in [0, 0.05) is 32.6 Å². The Morgan fingerprint density at radius 3 is 2.41 bits per heavy atom. The smallest absolute Gasteiger partial charge is 0.328 e. The number of hydrogen-bond donors (Lipinski definition) is 2. The third-order valence-corrected chi connectivity index (χ3v) is 4.72. The highest BCUT2D eigenvalue weighted by Gasteiger charge is 2.14. The topological polar surface area (TPSA) is 101 Å². The van der Waals surface area contributed by atoms with Crippen LogP contribution in [0, 0.1) is 0 Å². The molecule has 3 aromatic rings. The molecule has 1 aromatic heterocycles. The average Bonchev–Trinajstić information content (AvgIpc) is 2.71. The first kappa shape index (κ1) is 22.4. The normalized spacial score (nSPS) is 10.5. The minimum absolute atomic E-state index is 0. The maximum atomic E-state index is 12.7. The van der Waals surface area contributed by atoms with E-state index in [0.29, 0.717) is 30.5 Å². The summed E-state index contributed by atoms with van der Waals surface area (Å²) in [7, 11) is 0. The van der Waals surface area contributed by atoms with Gasteiger partial charge in [-0.2, -0.15) is 0 Å². The molecule has 0 saturated heterocycles. The number of benzene rings is 2. The van der Waals surface area contributed by atoms with E-state index in [1.165, 1.54) is 4.57 Å². The summed E-state index contributed by atoms with van der Waals surface area (Å²) in [5.74, 6) is -0.0661. The van der Waals surface area contributed by atoms with Gasteiger partial charge in [0.15, 0.2) is 0 Å². The fourth-order valence-corrected chi connectivity index (χ4v) is 3.26. The van der Waals surface area contributed by atoms with Crippen molar-refractivity contribution in [3.05, 3.63) is 81.0 Å². The molecule has 3 N–H and O–H groups in total. The van der Waals surface area contributed by atoms with Gasteiger partial charge in [0.25, 0.3) is 5.56 Å². The summed E-state index contributed by atoms with van der Waals surface area (Å²) in [6.07, 6.45) is 0.902. The minimum atomic E-state index is -0.508. The standard InChI is InChI=1S/C21H24N4O3.ClH/c22-12-15-24(13-10-16-6-2-1-3-7-16)19(26)11-14-25-18-9-5-4-8-17(18)20(27)23-21(25)28;/h1-9H,10-15,22H2,(H,23,27,28);1H.